The van der Waals surface area contributed by atoms with Crippen LogP contribution in [-0.4, -0.2) is 29.1 Å². The van der Waals surface area contributed by atoms with Gasteiger partial charge in [-0.05, 0) is 24.8 Å². The Hall–Kier alpha value is -2.63. The Balaban J connectivity index is 1.55. The Labute approximate surface area is 141 Å². The summed E-state index contributed by atoms with van der Waals surface area (Å²) in [6.45, 7) is 0.463. The largest absolute Gasteiger partial charge is 0.473 e. The lowest BCUT2D eigenvalue weighted by atomic mass is 10.1. The van der Waals surface area contributed by atoms with Gasteiger partial charge < -0.3 is 14.8 Å². The predicted octanol–water partition coefficient (Wildman–Crippen LogP) is 2.81. The average Bonchev–Trinajstić information content (AvgIpc) is 3.09. The highest BCUT2D eigenvalue weighted by atomic mass is 16.5. The number of ether oxygens (including phenoxy) is 2. The Kier molecular flexibility index (Phi) is 5.25. The van der Waals surface area contributed by atoms with Crippen molar-refractivity contribution in [1.82, 2.24) is 9.97 Å². The third-order valence-corrected chi connectivity index (χ3v) is 4.16. The molecule has 1 heterocycles. The summed E-state index contributed by atoms with van der Waals surface area (Å²) in [6.07, 6.45) is 4.14. The molecule has 0 bridgehead atoms. The SMILES string of the molecule is COC(=O)[C@H]1CC[C@@H](Nc2nccc(OCc3ccccc3)n2)C1. The monoisotopic (exact) mass is 327 g/mol. The molecular weight excluding hydrogens is 306 g/mol. The van der Waals surface area contributed by atoms with E-state index in [1.807, 2.05) is 30.3 Å². The smallest absolute Gasteiger partial charge is 0.308 e. The Morgan fingerprint density at radius 2 is 2.08 bits per heavy atom. The highest BCUT2D eigenvalue weighted by Gasteiger charge is 2.30. The molecule has 0 saturated heterocycles. The fourth-order valence-electron chi connectivity index (χ4n) is 2.90. The predicted molar refractivity (Wildman–Crippen MR) is 89.6 cm³/mol. The number of carbonyl (C=O) groups excluding carboxylic acids is 1. The summed E-state index contributed by atoms with van der Waals surface area (Å²) in [5, 5.41) is 3.28. The van der Waals surface area contributed by atoms with E-state index < -0.39 is 0 Å². The van der Waals surface area contributed by atoms with Crippen molar-refractivity contribution in [3.05, 3.63) is 48.2 Å². The second-order valence-corrected chi connectivity index (χ2v) is 5.87. The zero-order valence-electron chi connectivity index (χ0n) is 13.6. The van der Waals surface area contributed by atoms with Gasteiger partial charge in [0.1, 0.15) is 6.61 Å². The van der Waals surface area contributed by atoms with E-state index in [1.54, 1.807) is 12.3 Å². The minimum atomic E-state index is -0.139. The summed E-state index contributed by atoms with van der Waals surface area (Å²) in [5.74, 6) is 0.875. The van der Waals surface area contributed by atoms with Crippen molar-refractivity contribution >= 4 is 11.9 Å². The lowest BCUT2D eigenvalue weighted by molar-refractivity contribution is -0.145. The van der Waals surface area contributed by atoms with E-state index in [0.717, 1.165) is 24.8 Å². The molecule has 0 unspecified atom stereocenters. The summed E-state index contributed by atoms with van der Waals surface area (Å²) >= 11 is 0. The van der Waals surface area contributed by atoms with Gasteiger partial charge in [0.05, 0.1) is 13.0 Å². The highest BCUT2D eigenvalue weighted by Crippen LogP contribution is 2.28. The van der Waals surface area contributed by atoms with Gasteiger partial charge in [0, 0.05) is 18.3 Å². The summed E-state index contributed by atoms with van der Waals surface area (Å²) in [6, 6.07) is 11.8. The summed E-state index contributed by atoms with van der Waals surface area (Å²) in [7, 11) is 1.43. The van der Waals surface area contributed by atoms with Gasteiger partial charge in [-0.25, -0.2) is 4.98 Å². The third kappa shape index (κ3) is 4.22. The number of esters is 1. The number of benzene rings is 1. The number of rotatable bonds is 6. The molecule has 0 radical (unpaired) electrons. The number of nitrogens with one attached hydrogen (secondary N) is 1. The number of carbonyl (C=O) groups is 1. The summed E-state index contributed by atoms with van der Waals surface area (Å²) in [4.78, 5) is 20.2. The van der Waals surface area contributed by atoms with Gasteiger partial charge in [-0.15, -0.1) is 0 Å². The molecule has 1 fully saturated rings. The molecule has 0 aliphatic heterocycles. The quantitative estimate of drug-likeness (QED) is 0.823. The van der Waals surface area contributed by atoms with E-state index in [9.17, 15) is 4.79 Å². The summed E-state index contributed by atoms with van der Waals surface area (Å²) < 4.78 is 10.5. The lowest BCUT2D eigenvalue weighted by Crippen LogP contribution is -2.20. The second-order valence-electron chi connectivity index (χ2n) is 5.87. The van der Waals surface area contributed by atoms with Crippen LogP contribution in [0.2, 0.25) is 0 Å². The van der Waals surface area contributed by atoms with Crippen molar-refractivity contribution in [2.45, 2.75) is 31.9 Å². The molecule has 1 aliphatic rings. The van der Waals surface area contributed by atoms with Crippen LogP contribution in [0.5, 0.6) is 5.88 Å². The minimum absolute atomic E-state index is 0.0370. The van der Waals surface area contributed by atoms with Gasteiger partial charge >= 0.3 is 5.97 Å². The standard InChI is InChI=1S/C18H21N3O3/c1-23-17(22)14-7-8-15(11-14)20-18-19-10-9-16(21-18)24-12-13-5-3-2-4-6-13/h2-6,9-10,14-15H,7-8,11-12H2,1H3,(H,19,20,21)/t14-,15+/m0/s1. The van der Waals surface area contributed by atoms with Crippen LogP contribution in [-0.2, 0) is 16.1 Å². The first-order valence-electron chi connectivity index (χ1n) is 8.08. The zero-order valence-corrected chi connectivity index (χ0v) is 13.6. The van der Waals surface area contributed by atoms with Crippen LogP contribution in [0.25, 0.3) is 0 Å². The van der Waals surface area contributed by atoms with Gasteiger partial charge in [-0.3, -0.25) is 4.79 Å². The molecule has 1 aliphatic carbocycles. The molecule has 2 atom stereocenters. The van der Waals surface area contributed by atoms with Gasteiger partial charge in [-0.1, -0.05) is 30.3 Å². The van der Waals surface area contributed by atoms with Crippen LogP contribution in [0.3, 0.4) is 0 Å². The molecule has 1 saturated carbocycles. The molecule has 1 aromatic heterocycles. The molecule has 2 aromatic rings. The number of hydrogen-bond donors (Lipinski definition) is 1. The first-order chi connectivity index (χ1) is 11.7. The number of anilines is 1. The average molecular weight is 327 g/mol. The molecule has 3 rings (SSSR count). The second kappa shape index (κ2) is 7.77. The van der Waals surface area contributed by atoms with Crippen molar-refractivity contribution < 1.29 is 14.3 Å². The summed E-state index contributed by atoms with van der Waals surface area (Å²) in [5.41, 5.74) is 1.09. The normalized spacial score (nSPS) is 19.7. The van der Waals surface area contributed by atoms with Crippen LogP contribution >= 0.6 is 0 Å². The molecule has 0 spiro atoms. The molecule has 6 heteroatoms. The van der Waals surface area contributed by atoms with E-state index in [-0.39, 0.29) is 17.9 Å². The van der Waals surface area contributed by atoms with Crippen LogP contribution < -0.4 is 10.1 Å². The van der Waals surface area contributed by atoms with Gasteiger partial charge in [0.25, 0.3) is 0 Å². The van der Waals surface area contributed by atoms with E-state index in [0.29, 0.717) is 18.4 Å². The third-order valence-electron chi connectivity index (χ3n) is 4.16. The number of methoxy groups -OCH3 is 1. The van der Waals surface area contributed by atoms with Gasteiger partial charge in [0.2, 0.25) is 11.8 Å². The minimum Gasteiger partial charge on any atom is -0.473 e. The topological polar surface area (TPSA) is 73.3 Å². The molecule has 24 heavy (non-hydrogen) atoms. The van der Waals surface area contributed by atoms with Crippen molar-refractivity contribution in [1.29, 1.82) is 0 Å². The van der Waals surface area contributed by atoms with Crippen molar-refractivity contribution in [3.63, 3.8) is 0 Å². The van der Waals surface area contributed by atoms with Crippen molar-refractivity contribution in [2.75, 3.05) is 12.4 Å². The number of aromatic nitrogens is 2. The van der Waals surface area contributed by atoms with E-state index in [1.165, 1.54) is 7.11 Å². The van der Waals surface area contributed by atoms with Crippen molar-refractivity contribution in [2.24, 2.45) is 5.92 Å². The van der Waals surface area contributed by atoms with Crippen LogP contribution in [0.4, 0.5) is 5.95 Å². The first kappa shape index (κ1) is 16.2. The fourth-order valence-corrected chi connectivity index (χ4v) is 2.90. The zero-order chi connectivity index (χ0) is 16.8. The molecular formula is C18H21N3O3. The first-order valence-corrected chi connectivity index (χ1v) is 8.08. The Morgan fingerprint density at radius 1 is 1.25 bits per heavy atom. The Morgan fingerprint density at radius 3 is 2.88 bits per heavy atom. The van der Waals surface area contributed by atoms with Crippen LogP contribution in [0.1, 0.15) is 24.8 Å². The van der Waals surface area contributed by atoms with Crippen LogP contribution in [0, 0.1) is 5.92 Å². The van der Waals surface area contributed by atoms with E-state index >= 15 is 0 Å². The molecule has 6 nitrogen and oxygen atoms in total. The van der Waals surface area contributed by atoms with E-state index in [2.05, 4.69) is 15.3 Å². The maximum Gasteiger partial charge on any atom is 0.308 e. The van der Waals surface area contributed by atoms with Gasteiger partial charge in [-0.2, -0.15) is 4.98 Å². The number of hydrogen-bond acceptors (Lipinski definition) is 6. The van der Waals surface area contributed by atoms with Crippen LogP contribution in [0.15, 0.2) is 42.6 Å². The lowest BCUT2D eigenvalue weighted by Gasteiger charge is -2.13. The maximum atomic E-state index is 11.6. The van der Waals surface area contributed by atoms with Gasteiger partial charge in [0.15, 0.2) is 0 Å². The Bertz CT molecular complexity index is 678. The highest BCUT2D eigenvalue weighted by molar-refractivity contribution is 5.72. The molecule has 1 aromatic carbocycles. The molecule has 0 amide bonds. The maximum absolute atomic E-state index is 11.6. The molecule has 1 N–H and O–H groups in total. The fraction of sp³-hybridized carbons (Fsp3) is 0.389. The van der Waals surface area contributed by atoms with Crippen molar-refractivity contribution in [3.8, 4) is 5.88 Å². The molecule has 126 valence electrons. The number of nitrogens with zero attached hydrogens (tertiary/aromatic N) is 2. The van der Waals surface area contributed by atoms with E-state index in [4.69, 9.17) is 9.47 Å².